The van der Waals surface area contributed by atoms with Crippen LogP contribution in [0.4, 0.5) is 0 Å². The Hall–Kier alpha value is -7.12. The maximum Gasteiger partial charge on any atom is 0.165 e. The van der Waals surface area contributed by atoms with Gasteiger partial charge >= 0.3 is 0 Å². The Morgan fingerprint density at radius 2 is 0.862 bits per heavy atom. The van der Waals surface area contributed by atoms with Gasteiger partial charge in [0.05, 0.1) is 11.2 Å². The molecule has 12 rings (SSSR count). The van der Waals surface area contributed by atoms with Crippen LogP contribution in [0.15, 0.2) is 182 Å². The topological polar surface area (TPSA) is 51.6 Å². The second-order valence-electron chi connectivity index (χ2n) is 14.5. The first-order chi connectivity index (χ1) is 28.7. The highest BCUT2D eigenvalue weighted by Crippen LogP contribution is 2.46. The van der Waals surface area contributed by atoms with E-state index in [1.807, 2.05) is 17.4 Å². The molecular formula is C52H30N4S2. The molecule has 0 unspecified atom stereocenters. The van der Waals surface area contributed by atoms with Gasteiger partial charge in [0.1, 0.15) is 0 Å². The Balaban J connectivity index is 1.11. The molecule has 0 amide bonds. The SMILES string of the molecule is c1ccc(-c2ccc(-c3nc(-c4cccc5c4sc4c5ccc5c(-c6ccccc6)nc6ccccc6c54)nc(-c4cccc5sc6ccccc6c45)n3)cc2)cc1. The summed E-state index contributed by atoms with van der Waals surface area (Å²) < 4.78 is 4.84. The smallest absolute Gasteiger partial charge is 0.165 e. The summed E-state index contributed by atoms with van der Waals surface area (Å²) >= 11 is 3.62. The van der Waals surface area contributed by atoms with Gasteiger partial charge in [-0.2, -0.15) is 0 Å². The van der Waals surface area contributed by atoms with Gasteiger partial charge in [0, 0.05) is 78.8 Å². The minimum atomic E-state index is 0.643. The Morgan fingerprint density at radius 3 is 1.69 bits per heavy atom. The summed E-state index contributed by atoms with van der Waals surface area (Å²) in [5, 5.41) is 8.30. The first kappa shape index (κ1) is 33.1. The molecule has 0 aliphatic rings. The van der Waals surface area contributed by atoms with E-state index in [0.717, 1.165) is 54.5 Å². The molecule has 0 saturated heterocycles. The van der Waals surface area contributed by atoms with Crippen LogP contribution in [0.1, 0.15) is 0 Å². The normalized spacial score (nSPS) is 11.8. The molecule has 8 aromatic carbocycles. The molecule has 4 heterocycles. The van der Waals surface area contributed by atoms with E-state index in [4.69, 9.17) is 19.9 Å². The molecular weight excluding hydrogens is 745 g/mol. The molecule has 4 aromatic heterocycles. The molecule has 0 atom stereocenters. The van der Waals surface area contributed by atoms with E-state index >= 15 is 0 Å². The predicted octanol–water partition coefficient (Wildman–Crippen LogP) is 14.6. The zero-order valence-corrected chi connectivity index (χ0v) is 32.6. The Labute approximate surface area is 341 Å². The fourth-order valence-electron chi connectivity index (χ4n) is 8.43. The number of benzene rings is 8. The van der Waals surface area contributed by atoms with Crippen LogP contribution in [-0.2, 0) is 0 Å². The summed E-state index contributed by atoms with van der Waals surface area (Å²) in [5.41, 5.74) is 8.33. The lowest BCUT2D eigenvalue weighted by atomic mass is 9.98. The zero-order valence-electron chi connectivity index (χ0n) is 30.9. The number of aromatic nitrogens is 4. The quantitative estimate of drug-likeness (QED) is 0.163. The van der Waals surface area contributed by atoms with Crippen LogP contribution in [0, 0.1) is 0 Å². The van der Waals surface area contributed by atoms with E-state index in [1.165, 1.54) is 46.6 Å². The molecule has 270 valence electrons. The molecule has 0 spiro atoms. The first-order valence-corrected chi connectivity index (χ1v) is 20.9. The van der Waals surface area contributed by atoms with Crippen LogP contribution in [0.3, 0.4) is 0 Å². The van der Waals surface area contributed by atoms with Crippen LogP contribution in [-0.4, -0.2) is 19.9 Å². The second-order valence-corrected chi connectivity index (χ2v) is 16.6. The monoisotopic (exact) mass is 774 g/mol. The third kappa shape index (κ3) is 5.27. The van der Waals surface area contributed by atoms with E-state index in [1.54, 1.807) is 11.3 Å². The van der Waals surface area contributed by atoms with Crippen LogP contribution in [0.5, 0.6) is 0 Å². The first-order valence-electron chi connectivity index (χ1n) is 19.3. The molecule has 4 nitrogen and oxygen atoms in total. The number of nitrogens with zero attached hydrogens (tertiary/aromatic N) is 4. The Kier molecular flexibility index (Phi) is 7.55. The van der Waals surface area contributed by atoms with Crippen molar-refractivity contribution in [1.82, 2.24) is 19.9 Å². The van der Waals surface area contributed by atoms with Gasteiger partial charge in [0.25, 0.3) is 0 Å². The number of fused-ring (bicyclic) bond motifs is 10. The maximum atomic E-state index is 5.37. The van der Waals surface area contributed by atoms with E-state index in [9.17, 15) is 0 Å². The van der Waals surface area contributed by atoms with Crippen molar-refractivity contribution in [2.45, 2.75) is 0 Å². The third-order valence-corrected chi connectivity index (χ3v) is 13.6. The summed E-state index contributed by atoms with van der Waals surface area (Å²) in [6.45, 7) is 0. The predicted molar refractivity (Wildman–Crippen MR) is 246 cm³/mol. The molecule has 0 bridgehead atoms. The molecule has 6 heteroatoms. The largest absolute Gasteiger partial charge is 0.247 e. The summed E-state index contributed by atoms with van der Waals surface area (Å²) in [6, 6.07) is 64.2. The average Bonchev–Trinajstić information content (AvgIpc) is 3.88. The summed E-state index contributed by atoms with van der Waals surface area (Å²) in [7, 11) is 0. The molecule has 12 aromatic rings. The Morgan fingerprint density at radius 1 is 0.293 bits per heavy atom. The standard InChI is InChI=1S/C52H30N4S2/c1-3-13-31(14-4-1)32-25-27-34(28-26-32)50-54-51(40-20-12-24-44-45(40)38-18-8-10-23-43(38)57-44)56-52(55-50)41-21-11-19-35-36-29-30-39-46(49(36)58-48(35)41)37-17-7-9-22-42(37)53-47(39)33-15-5-2-6-16-33/h1-30H. The van der Waals surface area contributed by atoms with Gasteiger partial charge in [-0.25, -0.2) is 19.9 Å². The van der Waals surface area contributed by atoms with Crippen molar-refractivity contribution in [2.75, 3.05) is 0 Å². The minimum absolute atomic E-state index is 0.643. The van der Waals surface area contributed by atoms with Gasteiger partial charge < -0.3 is 0 Å². The van der Waals surface area contributed by atoms with Crippen LogP contribution in [0.25, 0.3) is 119 Å². The molecule has 58 heavy (non-hydrogen) atoms. The van der Waals surface area contributed by atoms with E-state index in [2.05, 4.69) is 176 Å². The maximum absolute atomic E-state index is 5.37. The van der Waals surface area contributed by atoms with Crippen molar-refractivity contribution in [1.29, 1.82) is 0 Å². The van der Waals surface area contributed by atoms with E-state index in [-0.39, 0.29) is 0 Å². The van der Waals surface area contributed by atoms with Crippen molar-refractivity contribution in [3.8, 4) is 56.5 Å². The average molecular weight is 775 g/mol. The summed E-state index contributed by atoms with van der Waals surface area (Å²) in [5.74, 6) is 1.96. The lowest BCUT2D eigenvalue weighted by Gasteiger charge is -2.11. The number of para-hydroxylation sites is 1. The molecule has 0 aliphatic carbocycles. The lowest BCUT2D eigenvalue weighted by Crippen LogP contribution is -2.00. The second kappa shape index (κ2) is 13.2. The fourth-order valence-corrected chi connectivity index (χ4v) is 10.9. The zero-order chi connectivity index (χ0) is 38.2. The van der Waals surface area contributed by atoms with Gasteiger partial charge in [-0.15, -0.1) is 22.7 Å². The van der Waals surface area contributed by atoms with Crippen LogP contribution in [0.2, 0.25) is 0 Å². The third-order valence-electron chi connectivity index (χ3n) is 11.1. The highest BCUT2D eigenvalue weighted by Gasteiger charge is 2.21. The molecule has 0 saturated carbocycles. The van der Waals surface area contributed by atoms with Crippen molar-refractivity contribution >= 4 is 84.7 Å². The highest BCUT2D eigenvalue weighted by molar-refractivity contribution is 7.27. The van der Waals surface area contributed by atoms with Gasteiger partial charge in [0.2, 0.25) is 0 Å². The number of rotatable bonds is 5. The Bertz CT molecular complexity index is 3560. The van der Waals surface area contributed by atoms with E-state index in [0.29, 0.717) is 17.5 Å². The van der Waals surface area contributed by atoms with Gasteiger partial charge in [-0.3, -0.25) is 0 Å². The fraction of sp³-hybridized carbons (Fsp3) is 0. The van der Waals surface area contributed by atoms with Gasteiger partial charge in [-0.1, -0.05) is 158 Å². The molecule has 0 N–H and O–H groups in total. The number of hydrogen-bond acceptors (Lipinski definition) is 6. The van der Waals surface area contributed by atoms with Gasteiger partial charge in [0.15, 0.2) is 17.5 Å². The highest BCUT2D eigenvalue weighted by atomic mass is 32.1. The van der Waals surface area contributed by atoms with Crippen molar-refractivity contribution in [3.63, 3.8) is 0 Å². The summed E-state index contributed by atoms with van der Waals surface area (Å²) in [6.07, 6.45) is 0. The van der Waals surface area contributed by atoms with Crippen molar-refractivity contribution < 1.29 is 0 Å². The van der Waals surface area contributed by atoms with Gasteiger partial charge in [-0.05, 0) is 35.4 Å². The number of thiophene rings is 2. The molecule has 0 fully saturated rings. The van der Waals surface area contributed by atoms with Crippen LogP contribution >= 0.6 is 22.7 Å². The number of pyridine rings is 1. The number of hydrogen-bond donors (Lipinski definition) is 0. The molecule has 0 radical (unpaired) electrons. The van der Waals surface area contributed by atoms with Crippen molar-refractivity contribution in [3.05, 3.63) is 182 Å². The molecule has 0 aliphatic heterocycles. The lowest BCUT2D eigenvalue weighted by molar-refractivity contribution is 1.08. The van der Waals surface area contributed by atoms with E-state index < -0.39 is 0 Å². The minimum Gasteiger partial charge on any atom is -0.247 e. The van der Waals surface area contributed by atoms with Crippen molar-refractivity contribution in [2.24, 2.45) is 0 Å². The summed E-state index contributed by atoms with van der Waals surface area (Å²) in [4.78, 5) is 21.1. The van der Waals surface area contributed by atoms with Crippen LogP contribution < -0.4 is 0 Å².